The quantitative estimate of drug-likeness (QED) is 0.541. The highest BCUT2D eigenvalue weighted by molar-refractivity contribution is 5.97. The van der Waals surface area contributed by atoms with Crippen LogP contribution < -0.4 is 15.4 Å². The van der Waals surface area contributed by atoms with Crippen LogP contribution >= 0.6 is 0 Å². The fourth-order valence-electron chi connectivity index (χ4n) is 3.70. The Labute approximate surface area is 181 Å². The predicted octanol–water partition coefficient (Wildman–Crippen LogP) is 3.47. The van der Waals surface area contributed by atoms with Crippen molar-refractivity contribution in [3.8, 4) is 5.75 Å². The van der Waals surface area contributed by atoms with E-state index >= 15 is 0 Å². The smallest absolute Gasteiger partial charge is 0.251 e. The van der Waals surface area contributed by atoms with Gasteiger partial charge in [0.15, 0.2) is 0 Å². The van der Waals surface area contributed by atoms with Crippen LogP contribution in [0, 0.1) is 11.8 Å². The maximum atomic E-state index is 12.6. The number of carbonyl (C=O) groups is 2. The van der Waals surface area contributed by atoms with Gasteiger partial charge in [-0.15, -0.1) is 0 Å². The van der Waals surface area contributed by atoms with Crippen LogP contribution in [0.2, 0.25) is 0 Å². The van der Waals surface area contributed by atoms with Crippen molar-refractivity contribution >= 4 is 11.8 Å². The fourth-order valence-corrected chi connectivity index (χ4v) is 3.70. The first kappa shape index (κ1) is 24.2. The molecule has 0 aliphatic carbocycles. The van der Waals surface area contributed by atoms with Gasteiger partial charge in [0.1, 0.15) is 11.8 Å². The van der Waals surface area contributed by atoms with E-state index in [1.807, 2.05) is 20.8 Å². The zero-order valence-corrected chi connectivity index (χ0v) is 19.1. The molecule has 2 amide bonds. The zero-order chi connectivity index (χ0) is 21.9. The lowest BCUT2D eigenvalue weighted by Crippen LogP contribution is -2.49. The number of rotatable bonds is 11. The Balaban J connectivity index is 1.73. The van der Waals surface area contributed by atoms with E-state index < -0.39 is 6.04 Å². The second kappa shape index (κ2) is 12.6. The average Bonchev–Trinajstić information content (AvgIpc) is 2.73. The van der Waals surface area contributed by atoms with Crippen LogP contribution in [0.25, 0.3) is 0 Å². The summed E-state index contributed by atoms with van der Waals surface area (Å²) in [4.78, 5) is 27.7. The lowest BCUT2D eigenvalue weighted by Gasteiger charge is -2.30. The van der Waals surface area contributed by atoms with Crippen LogP contribution in [0.5, 0.6) is 5.75 Å². The molecule has 0 radical (unpaired) electrons. The molecule has 30 heavy (non-hydrogen) atoms. The lowest BCUT2D eigenvalue weighted by atomic mass is 9.99. The van der Waals surface area contributed by atoms with Crippen LogP contribution in [-0.4, -0.2) is 55.5 Å². The Morgan fingerprint density at radius 3 is 2.40 bits per heavy atom. The number of hydrogen-bond donors (Lipinski definition) is 2. The Morgan fingerprint density at radius 1 is 1.13 bits per heavy atom. The third-order valence-corrected chi connectivity index (χ3v) is 5.74. The highest BCUT2D eigenvalue weighted by Gasteiger charge is 2.24. The first-order chi connectivity index (χ1) is 14.4. The summed E-state index contributed by atoms with van der Waals surface area (Å²) >= 11 is 0. The fraction of sp³-hybridized carbons (Fsp3) is 0.667. The number of nitrogens with one attached hydrogen (secondary N) is 2. The van der Waals surface area contributed by atoms with Crippen molar-refractivity contribution < 1.29 is 14.3 Å². The minimum absolute atomic E-state index is 0.00647. The highest BCUT2D eigenvalue weighted by atomic mass is 16.5. The first-order valence-corrected chi connectivity index (χ1v) is 11.4. The molecule has 168 valence electrons. The van der Waals surface area contributed by atoms with Crippen LogP contribution in [0.1, 0.15) is 63.7 Å². The number of likely N-dealkylation sites (tertiary alicyclic amines) is 1. The monoisotopic (exact) mass is 417 g/mol. The molecule has 0 spiro atoms. The molecule has 6 nitrogen and oxygen atoms in total. The molecular weight excluding hydrogens is 378 g/mol. The summed E-state index contributed by atoms with van der Waals surface area (Å²) in [7, 11) is 0. The Morgan fingerprint density at radius 2 is 1.80 bits per heavy atom. The molecular formula is C24H39N3O3. The van der Waals surface area contributed by atoms with E-state index in [1.54, 1.807) is 24.3 Å². The van der Waals surface area contributed by atoms with Crippen LogP contribution in [0.3, 0.4) is 0 Å². The normalized spacial score (nSPS) is 16.3. The highest BCUT2D eigenvalue weighted by Crippen LogP contribution is 2.16. The minimum Gasteiger partial charge on any atom is -0.494 e. The van der Waals surface area contributed by atoms with Crippen molar-refractivity contribution in [1.29, 1.82) is 0 Å². The molecule has 1 heterocycles. The molecule has 2 rings (SSSR count). The molecule has 1 aliphatic rings. The van der Waals surface area contributed by atoms with E-state index in [-0.39, 0.29) is 17.7 Å². The van der Waals surface area contributed by atoms with Gasteiger partial charge < -0.3 is 20.3 Å². The SMILES string of the molecule is CCOc1ccc(C(=O)NC(C(=O)NCCCCN2CCC(C)CC2)C(C)C)cc1. The number of ether oxygens (including phenoxy) is 1. The van der Waals surface area contributed by atoms with Crippen molar-refractivity contribution in [2.45, 2.75) is 59.4 Å². The molecule has 1 atom stereocenters. The molecule has 6 heteroatoms. The number of benzene rings is 1. The summed E-state index contributed by atoms with van der Waals surface area (Å²) in [6, 6.07) is 6.43. The second-order valence-corrected chi connectivity index (χ2v) is 8.67. The third-order valence-electron chi connectivity index (χ3n) is 5.74. The van der Waals surface area contributed by atoms with Gasteiger partial charge in [-0.25, -0.2) is 0 Å². The van der Waals surface area contributed by atoms with Gasteiger partial charge in [-0.05, 0) is 88.3 Å². The minimum atomic E-state index is -0.548. The van der Waals surface area contributed by atoms with E-state index in [0.717, 1.165) is 31.1 Å². The summed E-state index contributed by atoms with van der Waals surface area (Å²) in [5, 5.41) is 5.88. The molecule has 1 saturated heterocycles. The Bertz CT molecular complexity index is 652. The van der Waals surface area contributed by atoms with Gasteiger partial charge in [0.25, 0.3) is 5.91 Å². The number of amides is 2. The molecule has 0 bridgehead atoms. The van der Waals surface area contributed by atoms with Crippen LogP contribution in [0.15, 0.2) is 24.3 Å². The van der Waals surface area contributed by atoms with E-state index in [9.17, 15) is 9.59 Å². The van der Waals surface area contributed by atoms with Gasteiger partial charge in [-0.2, -0.15) is 0 Å². The zero-order valence-electron chi connectivity index (χ0n) is 19.1. The summed E-state index contributed by atoms with van der Waals surface area (Å²) in [5.74, 6) is 1.23. The molecule has 2 N–H and O–H groups in total. The van der Waals surface area contributed by atoms with Crippen LogP contribution in [0.4, 0.5) is 0 Å². The number of nitrogens with zero attached hydrogens (tertiary/aromatic N) is 1. The van der Waals surface area contributed by atoms with Gasteiger partial charge in [0, 0.05) is 12.1 Å². The predicted molar refractivity (Wildman–Crippen MR) is 121 cm³/mol. The number of piperidine rings is 1. The summed E-state index contributed by atoms with van der Waals surface area (Å²) in [5.41, 5.74) is 0.521. The number of unbranched alkanes of at least 4 members (excludes halogenated alkanes) is 1. The maximum absolute atomic E-state index is 12.6. The Kier molecular flexibility index (Phi) is 10.1. The molecule has 0 saturated carbocycles. The lowest BCUT2D eigenvalue weighted by molar-refractivity contribution is -0.123. The standard InChI is InChI=1S/C24H39N3O3/c1-5-30-21-10-8-20(9-11-21)23(28)26-22(18(2)3)24(29)25-14-6-7-15-27-16-12-19(4)13-17-27/h8-11,18-19,22H,5-7,12-17H2,1-4H3,(H,25,29)(H,26,28). The number of carbonyl (C=O) groups excluding carboxylic acids is 2. The van der Waals surface area contributed by atoms with Crippen molar-refractivity contribution in [3.63, 3.8) is 0 Å². The average molecular weight is 418 g/mol. The molecule has 1 aliphatic heterocycles. The molecule has 1 fully saturated rings. The van der Waals surface area contributed by atoms with Crippen molar-refractivity contribution in [1.82, 2.24) is 15.5 Å². The molecule has 1 aromatic rings. The van der Waals surface area contributed by atoms with Crippen molar-refractivity contribution in [2.24, 2.45) is 11.8 Å². The van der Waals surface area contributed by atoms with E-state index in [0.29, 0.717) is 18.7 Å². The molecule has 0 aromatic heterocycles. The summed E-state index contributed by atoms with van der Waals surface area (Å²) < 4.78 is 5.41. The van der Waals surface area contributed by atoms with Gasteiger partial charge in [-0.3, -0.25) is 9.59 Å². The second-order valence-electron chi connectivity index (χ2n) is 8.67. The van der Waals surface area contributed by atoms with E-state index in [4.69, 9.17) is 4.74 Å². The summed E-state index contributed by atoms with van der Waals surface area (Å²) in [6.07, 6.45) is 4.62. The molecule has 1 unspecified atom stereocenters. The van der Waals surface area contributed by atoms with Crippen LogP contribution in [-0.2, 0) is 4.79 Å². The number of hydrogen-bond acceptors (Lipinski definition) is 4. The van der Waals surface area contributed by atoms with Crippen molar-refractivity contribution in [3.05, 3.63) is 29.8 Å². The largest absolute Gasteiger partial charge is 0.494 e. The van der Waals surface area contributed by atoms with Gasteiger partial charge in [0.2, 0.25) is 5.91 Å². The van der Waals surface area contributed by atoms with Crippen molar-refractivity contribution in [2.75, 3.05) is 32.8 Å². The summed E-state index contributed by atoms with van der Waals surface area (Å²) in [6.45, 7) is 12.8. The molecule has 1 aromatic carbocycles. The maximum Gasteiger partial charge on any atom is 0.251 e. The van der Waals surface area contributed by atoms with Gasteiger partial charge in [0.05, 0.1) is 6.61 Å². The third kappa shape index (κ3) is 7.98. The van der Waals surface area contributed by atoms with E-state index in [1.165, 1.54) is 25.9 Å². The van der Waals surface area contributed by atoms with Gasteiger partial charge >= 0.3 is 0 Å². The van der Waals surface area contributed by atoms with Gasteiger partial charge in [-0.1, -0.05) is 20.8 Å². The Hall–Kier alpha value is -2.08. The van der Waals surface area contributed by atoms with E-state index in [2.05, 4.69) is 22.5 Å². The first-order valence-electron chi connectivity index (χ1n) is 11.4. The topological polar surface area (TPSA) is 70.7 Å².